The summed E-state index contributed by atoms with van der Waals surface area (Å²) in [5.41, 5.74) is 2.30. The first-order valence-electron chi connectivity index (χ1n) is 9.55. The molecular formula is C25H18O3. The molecule has 28 heavy (non-hydrogen) atoms. The molecule has 0 spiro atoms. The zero-order valence-corrected chi connectivity index (χ0v) is 15.4. The second kappa shape index (κ2) is 5.15. The van der Waals surface area contributed by atoms with Gasteiger partial charge in [0.1, 0.15) is 22.5 Å². The maximum absolute atomic E-state index is 11.7. The van der Waals surface area contributed by atoms with Crippen LogP contribution in [0.4, 0.5) is 0 Å². The lowest BCUT2D eigenvalue weighted by Gasteiger charge is -2.29. The topological polar surface area (TPSA) is 53.6 Å². The SMILES string of the molecule is CCC1(O)C=c2c(ccc3oc4cccc(O)c4c23)=C2C=c3ccccc3=C21. The van der Waals surface area contributed by atoms with E-state index in [1.807, 2.05) is 37.3 Å². The molecule has 1 aromatic heterocycles. The zero-order valence-electron chi connectivity index (χ0n) is 15.4. The van der Waals surface area contributed by atoms with E-state index in [1.54, 1.807) is 12.1 Å². The van der Waals surface area contributed by atoms with Gasteiger partial charge in [-0.3, -0.25) is 0 Å². The van der Waals surface area contributed by atoms with E-state index < -0.39 is 5.60 Å². The molecule has 1 unspecified atom stereocenters. The molecule has 6 rings (SSSR count). The summed E-state index contributed by atoms with van der Waals surface area (Å²) in [4.78, 5) is 0. The minimum absolute atomic E-state index is 0.191. The van der Waals surface area contributed by atoms with Gasteiger partial charge < -0.3 is 14.6 Å². The molecule has 0 fully saturated rings. The van der Waals surface area contributed by atoms with Crippen molar-refractivity contribution in [3.05, 3.63) is 75.5 Å². The number of aromatic hydroxyl groups is 1. The molecule has 2 N–H and O–H groups in total. The van der Waals surface area contributed by atoms with E-state index in [9.17, 15) is 10.2 Å². The normalized spacial score (nSPS) is 19.9. The average Bonchev–Trinajstić information content (AvgIpc) is 3.28. The van der Waals surface area contributed by atoms with Crippen LogP contribution in [0.1, 0.15) is 13.3 Å². The minimum atomic E-state index is -1.08. The highest BCUT2D eigenvalue weighted by Gasteiger charge is 2.35. The monoisotopic (exact) mass is 366 g/mol. The van der Waals surface area contributed by atoms with Gasteiger partial charge in [0, 0.05) is 11.0 Å². The first kappa shape index (κ1) is 15.7. The Balaban J connectivity index is 1.93. The number of phenols is 1. The standard InChI is InChI=1S/C25H18O3/c1-2-25(27)13-18-16(17-12-14-6-3-4-7-15(14)24(17)25)10-11-21-22(18)23-19(26)8-5-9-20(23)28-21/h3-13,26-27H,2H2,1H3. The Bertz CT molecular complexity index is 1570. The zero-order chi connectivity index (χ0) is 19.0. The summed E-state index contributed by atoms with van der Waals surface area (Å²) >= 11 is 0. The van der Waals surface area contributed by atoms with Crippen LogP contribution in [0.3, 0.4) is 0 Å². The smallest absolute Gasteiger partial charge is 0.139 e. The number of aliphatic hydroxyl groups is 1. The molecule has 0 saturated carbocycles. The highest BCUT2D eigenvalue weighted by molar-refractivity contribution is 6.15. The van der Waals surface area contributed by atoms with Gasteiger partial charge in [0.25, 0.3) is 0 Å². The number of rotatable bonds is 1. The Hall–Kier alpha value is -3.30. The van der Waals surface area contributed by atoms with Gasteiger partial charge in [0.2, 0.25) is 0 Å². The quantitative estimate of drug-likeness (QED) is 0.542. The van der Waals surface area contributed by atoms with Crippen molar-refractivity contribution < 1.29 is 14.6 Å². The van der Waals surface area contributed by atoms with Gasteiger partial charge in [-0.1, -0.05) is 43.3 Å². The van der Waals surface area contributed by atoms with Gasteiger partial charge >= 0.3 is 0 Å². The van der Waals surface area contributed by atoms with Crippen molar-refractivity contribution in [3.8, 4) is 5.75 Å². The summed E-state index contributed by atoms with van der Waals surface area (Å²) in [5.74, 6) is 0.191. The Morgan fingerprint density at radius 2 is 1.71 bits per heavy atom. The van der Waals surface area contributed by atoms with Crippen LogP contribution in [0.2, 0.25) is 0 Å². The molecule has 0 bridgehead atoms. The van der Waals surface area contributed by atoms with Crippen molar-refractivity contribution in [1.29, 1.82) is 0 Å². The second-order valence-corrected chi connectivity index (χ2v) is 7.59. The summed E-state index contributed by atoms with van der Waals surface area (Å²) < 4.78 is 5.99. The molecule has 136 valence electrons. The molecule has 2 aliphatic carbocycles. The lowest BCUT2D eigenvalue weighted by atomic mass is 9.80. The van der Waals surface area contributed by atoms with Crippen molar-refractivity contribution in [3.63, 3.8) is 0 Å². The third-order valence-electron chi connectivity index (χ3n) is 6.13. The fraction of sp³-hybridized carbons (Fsp3) is 0.120. The number of phenolic OH excluding ortho intramolecular Hbond substituents is 1. The van der Waals surface area contributed by atoms with Crippen molar-refractivity contribution in [1.82, 2.24) is 0 Å². The lowest BCUT2D eigenvalue weighted by molar-refractivity contribution is 0.165. The van der Waals surface area contributed by atoms with E-state index in [2.05, 4.69) is 24.3 Å². The first-order chi connectivity index (χ1) is 13.6. The van der Waals surface area contributed by atoms with Gasteiger partial charge in [0.05, 0.1) is 5.39 Å². The summed E-state index contributed by atoms with van der Waals surface area (Å²) in [7, 11) is 0. The molecular weight excluding hydrogens is 348 g/mol. The van der Waals surface area contributed by atoms with Crippen molar-refractivity contribution >= 4 is 45.2 Å². The number of furan rings is 1. The van der Waals surface area contributed by atoms with Crippen LogP contribution in [0.25, 0.3) is 45.2 Å². The van der Waals surface area contributed by atoms with Crippen molar-refractivity contribution in [2.45, 2.75) is 18.9 Å². The summed E-state index contributed by atoms with van der Waals surface area (Å²) in [6.45, 7) is 2.00. The van der Waals surface area contributed by atoms with Crippen LogP contribution < -0.4 is 20.9 Å². The maximum Gasteiger partial charge on any atom is 0.139 e. The van der Waals surface area contributed by atoms with Crippen LogP contribution in [0.5, 0.6) is 5.75 Å². The molecule has 3 nitrogen and oxygen atoms in total. The lowest BCUT2D eigenvalue weighted by Crippen LogP contribution is -2.43. The molecule has 4 aromatic rings. The molecule has 2 aliphatic rings. The first-order valence-corrected chi connectivity index (χ1v) is 9.55. The molecule has 0 radical (unpaired) electrons. The molecule has 1 heterocycles. The van der Waals surface area contributed by atoms with E-state index in [-0.39, 0.29) is 5.75 Å². The number of benzene rings is 3. The Morgan fingerprint density at radius 3 is 2.57 bits per heavy atom. The third-order valence-corrected chi connectivity index (χ3v) is 6.13. The molecule has 3 heteroatoms. The van der Waals surface area contributed by atoms with E-state index >= 15 is 0 Å². The molecule has 0 saturated heterocycles. The van der Waals surface area contributed by atoms with Crippen LogP contribution in [-0.4, -0.2) is 15.8 Å². The van der Waals surface area contributed by atoms with Gasteiger partial charge in [0.15, 0.2) is 0 Å². The summed E-state index contributed by atoms with van der Waals surface area (Å²) in [5, 5.41) is 27.9. The fourth-order valence-corrected chi connectivity index (χ4v) is 4.79. The van der Waals surface area contributed by atoms with Crippen molar-refractivity contribution in [2.24, 2.45) is 0 Å². The van der Waals surface area contributed by atoms with Crippen LogP contribution in [0.15, 0.2) is 59.0 Å². The summed E-state index contributed by atoms with van der Waals surface area (Å²) in [6, 6.07) is 17.5. The average molecular weight is 366 g/mol. The minimum Gasteiger partial charge on any atom is -0.507 e. The van der Waals surface area contributed by atoms with Gasteiger partial charge in [-0.05, 0) is 63.2 Å². The van der Waals surface area contributed by atoms with E-state index in [0.717, 1.165) is 37.4 Å². The predicted octanol–water partition coefficient (Wildman–Crippen LogP) is 2.02. The van der Waals surface area contributed by atoms with Gasteiger partial charge in [-0.25, -0.2) is 0 Å². The molecule has 3 aromatic carbocycles. The van der Waals surface area contributed by atoms with Crippen LogP contribution >= 0.6 is 0 Å². The largest absolute Gasteiger partial charge is 0.507 e. The number of hydrogen-bond acceptors (Lipinski definition) is 3. The molecule has 0 amide bonds. The van der Waals surface area contributed by atoms with E-state index in [0.29, 0.717) is 23.0 Å². The van der Waals surface area contributed by atoms with Crippen LogP contribution in [0, 0.1) is 0 Å². The highest BCUT2D eigenvalue weighted by atomic mass is 16.3. The van der Waals surface area contributed by atoms with Gasteiger partial charge in [-0.2, -0.15) is 0 Å². The highest BCUT2D eigenvalue weighted by Crippen LogP contribution is 2.36. The fourth-order valence-electron chi connectivity index (χ4n) is 4.79. The van der Waals surface area contributed by atoms with Crippen molar-refractivity contribution in [2.75, 3.05) is 0 Å². The number of hydrogen-bond donors (Lipinski definition) is 2. The van der Waals surface area contributed by atoms with Crippen LogP contribution in [-0.2, 0) is 0 Å². The Morgan fingerprint density at radius 1 is 0.893 bits per heavy atom. The third kappa shape index (κ3) is 1.82. The predicted molar refractivity (Wildman–Crippen MR) is 111 cm³/mol. The Labute approximate surface area is 160 Å². The molecule has 0 aliphatic heterocycles. The van der Waals surface area contributed by atoms with E-state index in [1.165, 1.54) is 0 Å². The number of fused-ring (bicyclic) bond motifs is 7. The Kier molecular flexibility index (Phi) is 2.89. The molecule has 1 atom stereocenters. The van der Waals surface area contributed by atoms with Gasteiger partial charge in [-0.15, -0.1) is 0 Å². The maximum atomic E-state index is 11.7. The van der Waals surface area contributed by atoms with E-state index in [4.69, 9.17) is 4.42 Å². The summed E-state index contributed by atoms with van der Waals surface area (Å²) in [6.07, 6.45) is 4.66. The second-order valence-electron chi connectivity index (χ2n) is 7.59.